The van der Waals surface area contributed by atoms with Crippen LogP contribution in [-0.2, 0) is 4.79 Å². The number of nitrogens with one attached hydrogen (secondary N) is 1. The number of rotatable bonds is 4. The van der Waals surface area contributed by atoms with E-state index in [9.17, 15) is 9.59 Å². The molecule has 0 radical (unpaired) electrons. The highest BCUT2D eigenvalue weighted by Gasteiger charge is 2.27. The largest absolute Gasteiger partial charge is 0.368 e. The topological polar surface area (TPSA) is 78.4 Å². The summed E-state index contributed by atoms with van der Waals surface area (Å²) in [4.78, 5) is 37.9. The normalized spacial score (nSPS) is 20.7. The van der Waals surface area contributed by atoms with E-state index >= 15 is 0 Å². The maximum atomic E-state index is 12.0. The molecule has 37 heavy (non-hydrogen) atoms. The minimum Gasteiger partial charge on any atom is -0.368 e. The number of anilines is 1. The second-order valence-corrected chi connectivity index (χ2v) is 11.3. The zero-order valence-electron chi connectivity index (χ0n) is 20.5. The highest BCUT2D eigenvalue weighted by Crippen LogP contribution is 2.35. The minimum absolute atomic E-state index is 0.355. The van der Waals surface area contributed by atoms with Gasteiger partial charge in [-0.15, -0.1) is 0 Å². The Morgan fingerprint density at radius 3 is 2.51 bits per heavy atom. The molecule has 1 aliphatic carbocycles. The van der Waals surface area contributed by atoms with E-state index in [4.69, 9.17) is 11.6 Å². The van der Waals surface area contributed by atoms with E-state index in [-0.39, 0.29) is 11.1 Å². The van der Waals surface area contributed by atoms with Gasteiger partial charge >= 0.3 is 0 Å². The van der Waals surface area contributed by atoms with Crippen molar-refractivity contribution in [3.63, 3.8) is 0 Å². The summed E-state index contributed by atoms with van der Waals surface area (Å²) in [6.07, 6.45) is 10.1. The van der Waals surface area contributed by atoms with Gasteiger partial charge in [0.15, 0.2) is 0 Å². The minimum atomic E-state index is -0.374. The number of amides is 2. The molecule has 0 spiro atoms. The van der Waals surface area contributed by atoms with Crippen molar-refractivity contribution >= 4 is 57.2 Å². The molecule has 2 aliphatic heterocycles. The number of aromatic nitrogens is 2. The van der Waals surface area contributed by atoms with Crippen molar-refractivity contribution in [3.05, 3.63) is 58.2 Å². The molecule has 7 nitrogen and oxygen atoms in total. The molecule has 0 bridgehead atoms. The summed E-state index contributed by atoms with van der Waals surface area (Å²) in [6.45, 7) is 4.13. The van der Waals surface area contributed by atoms with Crippen LogP contribution in [0.4, 0.5) is 10.5 Å². The first kappa shape index (κ1) is 24.4. The van der Waals surface area contributed by atoms with Gasteiger partial charge in [-0.05, 0) is 60.5 Å². The van der Waals surface area contributed by atoms with Crippen LogP contribution >= 0.6 is 23.4 Å². The van der Waals surface area contributed by atoms with Gasteiger partial charge in [-0.25, -0.2) is 9.97 Å². The van der Waals surface area contributed by atoms with Crippen molar-refractivity contribution in [2.45, 2.75) is 38.1 Å². The zero-order chi connectivity index (χ0) is 25.4. The molecule has 190 valence electrons. The Morgan fingerprint density at radius 2 is 1.78 bits per heavy atom. The number of piperazine rings is 1. The molecule has 2 amide bonds. The van der Waals surface area contributed by atoms with Gasteiger partial charge in [0.05, 0.1) is 26.8 Å². The summed E-state index contributed by atoms with van der Waals surface area (Å²) < 4.78 is 0. The van der Waals surface area contributed by atoms with Crippen molar-refractivity contribution in [3.8, 4) is 11.3 Å². The lowest BCUT2D eigenvalue weighted by Crippen LogP contribution is -2.50. The highest BCUT2D eigenvalue weighted by molar-refractivity contribution is 8.18. The summed E-state index contributed by atoms with van der Waals surface area (Å²) in [5.41, 5.74) is 4.35. The Balaban J connectivity index is 1.24. The molecule has 1 aromatic heterocycles. The Morgan fingerprint density at radius 1 is 0.973 bits per heavy atom. The predicted octanol–water partition coefficient (Wildman–Crippen LogP) is 5.73. The number of carbonyl (C=O) groups excluding carboxylic acids is 2. The summed E-state index contributed by atoms with van der Waals surface area (Å²) in [5.74, 6) is -0.374. The van der Waals surface area contributed by atoms with Gasteiger partial charge in [-0.2, -0.15) is 0 Å². The van der Waals surface area contributed by atoms with Crippen molar-refractivity contribution in [1.29, 1.82) is 0 Å². The molecule has 2 saturated heterocycles. The molecule has 3 aliphatic rings. The van der Waals surface area contributed by atoms with Crippen molar-refractivity contribution in [1.82, 2.24) is 20.2 Å². The van der Waals surface area contributed by atoms with E-state index in [1.807, 2.05) is 24.3 Å². The fourth-order valence-corrected chi connectivity index (χ4v) is 6.63. The monoisotopic (exact) mass is 533 g/mol. The number of fused-ring (bicyclic) bond motifs is 1. The summed E-state index contributed by atoms with van der Waals surface area (Å²) >= 11 is 7.74. The smallest absolute Gasteiger partial charge is 0.290 e. The number of nitrogens with zero attached hydrogens (tertiary/aromatic N) is 4. The molecule has 3 aromatic rings. The number of halogens is 1. The van der Waals surface area contributed by atoms with Crippen molar-refractivity contribution in [2.24, 2.45) is 0 Å². The highest BCUT2D eigenvalue weighted by atomic mass is 35.5. The molecule has 9 heteroatoms. The van der Waals surface area contributed by atoms with Gasteiger partial charge in [-0.1, -0.05) is 43.0 Å². The Kier molecular flexibility index (Phi) is 6.88. The SMILES string of the molecule is O=C1NC(=O)C(=Cc2ccc3ncnc(-c4ccc(N5CCN(C6CCCCC6)CC5)c(Cl)c4)c3c2)S1. The number of imide groups is 1. The summed E-state index contributed by atoms with van der Waals surface area (Å²) in [6, 6.07) is 12.6. The predicted molar refractivity (Wildman–Crippen MR) is 150 cm³/mol. The number of hydrogen-bond acceptors (Lipinski definition) is 7. The fourth-order valence-electron chi connectivity index (χ4n) is 5.65. The maximum Gasteiger partial charge on any atom is 0.290 e. The Hall–Kier alpha value is -2.94. The second-order valence-electron chi connectivity index (χ2n) is 9.83. The van der Waals surface area contributed by atoms with Crippen molar-refractivity contribution in [2.75, 3.05) is 31.1 Å². The fraction of sp³-hybridized carbons (Fsp3) is 0.357. The average Bonchev–Trinajstić information content (AvgIpc) is 3.25. The second kappa shape index (κ2) is 10.4. The lowest BCUT2D eigenvalue weighted by molar-refractivity contribution is -0.115. The molecule has 3 fully saturated rings. The van der Waals surface area contributed by atoms with Crippen LogP contribution in [0.25, 0.3) is 28.2 Å². The van der Waals surface area contributed by atoms with Crippen LogP contribution in [0.5, 0.6) is 0 Å². The van der Waals surface area contributed by atoms with E-state index in [2.05, 4.69) is 37.2 Å². The third kappa shape index (κ3) is 5.10. The van der Waals surface area contributed by atoms with Gasteiger partial charge in [0.25, 0.3) is 11.1 Å². The molecule has 3 heterocycles. The molecular formula is C28H28ClN5O2S. The van der Waals surface area contributed by atoms with Crippen molar-refractivity contribution < 1.29 is 9.59 Å². The summed E-state index contributed by atoms with van der Waals surface area (Å²) in [7, 11) is 0. The van der Waals surface area contributed by atoms with E-state index in [0.717, 1.165) is 77.4 Å². The first-order valence-corrected chi connectivity index (χ1v) is 14.0. The molecule has 0 unspecified atom stereocenters. The van der Waals surface area contributed by atoms with E-state index in [1.165, 1.54) is 32.1 Å². The van der Waals surface area contributed by atoms with Crippen LogP contribution < -0.4 is 10.2 Å². The average molecular weight is 534 g/mol. The van der Waals surface area contributed by atoms with Gasteiger partial charge in [0.2, 0.25) is 0 Å². The van der Waals surface area contributed by atoms with E-state index in [0.29, 0.717) is 9.93 Å². The lowest BCUT2D eigenvalue weighted by atomic mass is 9.94. The first-order chi connectivity index (χ1) is 18.0. The third-order valence-corrected chi connectivity index (χ3v) is 8.68. The third-order valence-electron chi connectivity index (χ3n) is 7.57. The van der Waals surface area contributed by atoms with Crippen LogP contribution in [0.2, 0.25) is 5.02 Å². The molecular weight excluding hydrogens is 506 g/mol. The molecule has 1 N–H and O–H groups in total. The molecule has 0 atom stereocenters. The number of carbonyl (C=O) groups is 2. The van der Waals surface area contributed by atoms with E-state index < -0.39 is 0 Å². The Bertz CT molecular complexity index is 1400. The first-order valence-electron chi connectivity index (χ1n) is 12.8. The van der Waals surface area contributed by atoms with Gasteiger partial charge in [-0.3, -0.25) is 19.8 Å². The summed E-state index contributed by atoms with van der Waals surface area (Å²) in [5, 5.41) is 3.51. The van der Waals surface area contributed by atoms with E-state index in [1.54, 1.807) is 12.4 Å². The number of hydrogen-bond donors (Lipinski definition) is 1. The van der Waals surface area contributed by atoms with Gasteiger partial charge in [0, 0.05) is 43.2 Å². The number of benzene rings is 2. The quantitative estimate of drug-likeness (QED) is 0.429. The van der Waals surface area contributed by atoms with Crippen LogP contribution in [0.1, 0.15) is 37.7 Å². The van der Waals surface area contributed by atoms with Gasteiger partial charge < -0.3 is 4.90 Å². The molecule has 1 saturated carbocycles. The standard InChI is InChI=1S/C28H28ClN5O2S/c29-22-16-19(7-9-24(22)34-12-10-33(11-13-34)20-4-2-1-3-5-20)26-21-14-18(6-8-23(21)30-17-31-26)15-25-27(35)32-28(36)37-25/h6-9,14-17,20H,1-5,10-13H2,(H,32,35,36). The van der Waals surface area contributed by atoms with Crippen LogP contribution in [0.3, 0.4) is 0 Å². The lowest BCUT2D eigenvalue weighted by Gasteiger charge is -2.41. The van der Waals surface area contributed by atoms with Crippen LogP contribution in [-0.4, -0.2) is 58.2 Å². The Labute approximate surface area is 225 Å². The number of thioether (sulfide) groups is 1. The molecule has 2 aromatic carbocycles. The van der Waals surface area contributed by atoms with Crippen LogP contribution in [0, 0.1) is 0 Å². The maximum absolute atomic E-state index is 12.0. The zero-order valence-corrected chi connectivity index (χ0v) is 22.0. The molecule has 6 rings (SSSR count). The van der Waals surface area contributed by atoms with Gasteiger partial charge in [0.1, 0.15) is 6.33 Å². The van der Waals surface area contributed by atoms with Crippen LogP contribution in [0.15, 0.2) is 47.6 Å².